The van der Waals surface area contributed by atoms with E-state index >= 15 is 0 Å². The predicted molar refractivity (Wildman–Crippen MR) is 99.1 cm³/mol. The lowest BCUT2D eigenvalue weighted by atomic mass is 10.0. The molecular weight excluding hydrogens is 340 g/mol. The van der Waals surface area contributed by atoms with Crippen LogP contribution in [-0.2, 0) is 4.79 Å². The first-order chi connectivity index (χ1) is 11.9. The molecule has 3 aromatic rings. The summed E-state index contributed by atoms with van der Waals surface area (Å²) in [6.07, 6.45) is 2.85. The van der Waals surface area contributed by atoms with E-state index in [0.29, 0.717) is 21.8 Å². The number of carbonyl (C=O) groups is 1. The molecule has 6 heteroatoms. The Balaban J connectivity index is 2.28. The van der Waals surface area contributed by atoms with E-state index in [1.807, 2.05) is 19.9 Å². The van der Waals surface area contributed by atoms with Gasteiger partial charge in [0.1, 0.15) is 0 Å². The minimum absolute atomic E-state index is 0.196. The molecule has 2 N–H and O–H groups in total. The molecule has 0 fully saturated rings. The van der Waals surface area contributed by atoms with E-state index in [1.54, 1.807) is 36.4 Å². The first-order valence-corrected chi connectivity index (χ1v) is 8.17. The molecule has 0 atom stereocenters. The maximum atomic E-state index is 12.5. The summed E-state index contributed by atoms with van der Waals surface area (Å²) in [7, 11) is 0. The number of hydrogen-bond donors (Lipinski definition) is 1. The predicted octanol–water partition coefficient (Wildman–Crippen LogP) is 3.86. The molecule has 25 heavy (non-hydrogen) atoms. The molecule has 2 aromatic carbocycles. The zero-order valence-electron chi connectivity index (χ0n) is 13.8. The fourth-order valence-corrected chi connectivity index (χ4v) is 2.91. The van der Waals surface area contributed by atoms with Crippen molar-refractivity contribution < 1.29 is 9.21 Å². The molecule has 1 aromatic heterocycles. The lowest BCUT2D eigenvalue weighted by Crippen LogP contribution is -2.14. The number of carbonyl (C=O) groups excluding carboxylic acids is 1. The lowest BCUT2D eigenvalue weighted by molar-refractivity contribution is -0.113. The van der Waals surface area contributed by atoms with Gasteiger partial charge in [0.2, 0.25) is 5.91 Å². The second-order valence-electron chi connectivity index (χ2n) is 6.02. The van der Waals surface area contributed by atoms with Crippen molar-refractivity contribution in [1.29, 1.82) is 0 Å². The Labute approximate surface area is 149 Å². The molecule has 0 aliphatic rings. The van der Waals surface area contributed by atoms with Crippen LogP contribution in [0.3, 0.4) is 0 Å². The van der Waals surface area contributed by atoms with Crippen molar-refractivity contribution in [2.24, 2.45) is 5.73 Å². The number of halogens is 1. The fourth-order valence-electron chi connectivity index (χ4n) is 2.74. The van der Waals surface area contributed by atoms with Gasteiger partial charge in [-0.25, -0.2) is 9.36 Å². The number of primary amides is 1. The Bertz CT molecular complexity index is 1040. The van der Waals surface area contributed by atoms with Crippen LogP contribution in [0.2, 0.25) is 5.02 Å². The van der Waals surface area contributed by atoms with E-state index in [2.05, 4.69) is 0 Å². The third-order valence-corrected chi connectivity index (χ3v) is 4.13. The number of oxazole rings is 1. The Hall–Kier alpha value is -2.79. The average Bonchev–Trinajstić information content (AvgIpc) is 2.87. The molecule has 128 valence electrons. The summed E-state index contributed by atoms with van der Waals surface area (Å²) in [5, 5.41) is 0.533. The molecule has 3 rings (SSSR count). The molecule has 0 aliphatic carbocycles. The summed E-state index contributed by atoms with van der Waals surface area (Å²) in [6.45, 7) is 4.09. The summed E-state index contributed by atoms with van der Waals surface area (Å²) in [5.74, 6) is -0.834. The van der Waals surface area contributed by atoms with Gasteiger partial charge in [0.15, 0.2) is 5.58 Å². The van der Waals surface area contributed by atoms with Crippen LogP contribution in [0.5, 0.6) is 0 Å². The monoisotopic (exact) mass is 356 g/mol. The summed E-state index contributed by atoms with van der Waals surface area (Å²) in [5.41, 5.74) is 8.58. The van der Waals surface area contributed by atoms with Gasteiger partial charge in [-0.05, 0) is 47.4 Å². The first kappa shape index (κ1) is 17.0. The van der Waals surface area contributed by atoms with Crippen molar-refractivity contribution in [3.8, 4) is 5.69 Å². The molecule has 0 aliphatic heterocycles. The molecule has 0 unspecified atom stereocenters. The third-order valence-electron chi connectivity index (χ3n) is 3.90. The molecule has 1 amide bonds. The van der Waals surface area contributed by atoms with E-state index in [9.17, 15) is 9.59 Å². The normalized spacial score (nSPS) is 11.7. The van der Waals surface area contributed by atoms with Gasteiger partial charge in [-0.2, -0.15) is 0 Å². The second-order valence-corrected chi connectivity index (χ2v) is 6.46. The van der Waals surface area contributed by atoms with Gasteiger partial charge in [0.25, 0.3) is 0 Å². The standard InChI is InChI=1S/C19H17ClN2O3/c1-11(2)14-6-5-13(20)10-15(14)22-16-9-12(4-8-18(21)23)3-7-17(16)25-19(22)24/h3-11H,1-2H3,(H2,21,23)/b8-4+. The largest absolute Gasteiger partial charge is 0.424 e. The number of hydrogen-bond acceptors (Lipinski definition) is 3. The number of nitrogens with two attached hydrogens (primary N) is 1. The van der Waals surface area contributed by atoms with Crippen LogP contribution in [0.1, 0.15) is 30.9 Å². The second kappa shape index (κ2) is 6.61. The smallest absolute Gasteiger partial charge is 0.407 e. The first-order valence-electron chi connectivity index (χ1n) is 7.80. The van der Waals surface area contributed by atoms with Crippen LogP contribution in [0.15, 0.2) is 51.7 Å². The van der Waals surface area contributed by atoms with Gasteiger partial charge in [-0.1, -0.05) is 37.6 Å². The van der Waals surface area contributed by atoms with Crippen molar-refractivity contribution in [3.63, 3.8) is 0 Å². The topological polar surface area (TPSA) is 78.2 Å². The maximum absolute atomic E-state index is 12.5. The number of nitrogens with zero attached hydrogens (tertiary/aromatic N) is 1. The van der Waals surface area contributed by atoms with Crippen LogP contribution in [0, 0.1) is 0 Å². The SMILES string of the molecule is CC(C)c1ccc(Cl)cc1-n1c(=O)oc2ccc(/C=C/C(N)=O)cc21. The molecular formula is C19H17ClN2O3. The van der Waals surface area contributed by atoms with E-state index in [4.69, 9.17) is 21.8 Å². The minimum Gasteiger partial charge on any atom is -0.407 e. The summed E-state index contributed by atoms with van der Waals surface area (Å²) in [4.78, 5) is 23.4. The maximum Gasteiger partial charge on any atom is 0.424 e. The van der Waals surface area contributed by atoms with Crippen molar-refractivity contribution in [2.75, 3.05) is 0 Å². The summed E-state index contributed by atoms with van der Waals surface area (Å²) < 4.78 is 6.86. The van der Waals surface area contributed by atoms with Gasteiger partial charge < -0.3 is 10.2 Å². The van der Waals surface area contributed by atoms with Crippen molar-refractivity contribution >= 4 is 34.7 Å². The van der Waals surface area contributed by atoms with Crippen LogP contribution in [0.25, 0.3) is 22.9 Å². The third kappa shape index (κ3) is 3.37. The van der Waals surface area contributed by atoms with E-state index < -0.39 is 11.7 Å². The molecule has 0 spiro atoms. The van der Waals surface area contributed by atoms with Crippen LogP contribution < -0.4 is 11.5 Å². The number of rotatable bonds is 4. The fraction of sp³-hybridized carbons (Fsp3) is 0.158. The highest BCUT2D eigenvalue weighted by Crippen LogP contribution is 2.28. The Morgan fingerprint density at radius 2 is 2.00 bits per heavy atom. The van der Waals surface area contributed by atoms with Gasteiger partial charge in [0, 0.05) is 11.1 Å². The minimum atomic E-state index is -0.540. The number of amides is 1. The van der Waals surface area contributed by atoms with Crippen molar-refractivity contribution in [3.05, 3.63) is 69.2 Å². The van der Waals surface area contributed by atoms with Gasteiger partial charge in [-0.3, -0.25) is 4.79 Å². The number of aromatic nitrogens is 1. The Kier molecular flexibility index (Phi) is 4.51. The lowest BCUT2D eigenvalue weighted by Gasteiger charge is -2.13. The highest BCUT2D eigenvalue weighted by molar-refractivity contribution is 6.30. The molecule has 0 radical (unpaired) electrons. The number of benzene rings is 2. The quantitative estimate of drug-likeness (QED) is 0.721. The van der Waals surface area contributed by atoms with E-state index in [0.717, 1.165) is 11.1 Å². The van der Waals surface area contributed by atoms with Crippen LogP contribution in [-0.4, -0.2) is 10.5 Å². The zero-order valence-corrected chi connectivity index (χ0v) is 14.6. The zero-order chi connectivity index (χ0) is 18.1. The molecule has 0 saturated carbocycles. The molecule has 0 bridgehead atoms. The van der Waals surface area contributed by atoms with Crippen molar-refractivity contribution in [1.82, 2.24) is 4.57 Å². The van der Waals surface area contributed by atoms with E-state index in [1.165, 1.54) is 10.6 Å². The summed E-state index contributed by atoms with van der Waals surface area (Å²) in [6, 6.07) is 10.7. The highest BCUT2D eigenvalue weighted by atomic mass is 35.5. The van der Waals surface area contributed by atoms with Gasteiger partial charge >= 0.3 is 5.76 Å². The summed E-state index contributed by atoms with van der Waals surface area (Å²) >= 11 is 6.15. The van der Waals surface area contributed by atoms with Gasteiger partial charge in [-0.15, -0.1) is 0 Å². The Morgan fingerprint density at radius 3 is 2.68 bits per heavy atom. The molecule has 1 heterocycles. The molecule has 0 saturated heterocycles. The van der Waals surface area contributed by atoms with Crippen molar-refractivity contribution in [2.45, 2.75) is 19.8 Å². The van der Waals surface area contributed by atoms with Crippen LogP contribution in [0.4, 0.5) is 0 Å². The molecule has 5 nitrogen and oxygen atoms in total. The van der Waals surface area contributed by atoms with Gasteiger partial charge in [0.05, 0.1) is 11.2 Å². The number of fused-ring (bicyclic) bond motifs is 1. The van der Waals surface area contributed by atoms with Crippen LogP contribution >= 0.6 is 11.6 Å². The average molecular weight is 357 g/mol. The van der Waals surface area contributed by atoms with E-state index in [-0.39, 0.29) is 5.92 Å². The highest BCUT2D eigenvalue weighted by Gasteiger charge is 2.16. The Morgan fingerprint density at radius 1 is 1.24 bits per heavy atom.